The molecular weight excluding hydrogens is 198 g/mol. The van der Waals surface area contributed by atoms with E-state index in [0.717, 1.165) is 17.9 Å². The third-order valence-electron chi connectivity index (χ3n) is 2.44. The SMILES string of the molecule is C#CCN(C)Cc1cn2cc(C)ccc2n1. The summed E-state index contributed by atoms with van der Waals surface area (Å²) in [6.07, 6.45) is 9.39. The third-order valence-corrected chi connectivity index (χ3v) is 2.44. The van der Waals surface area contributed by atoms with Gasteiger partial charge >= 0.3 is 0 Å². The Kier molecular flexibility index (Phi) is 2.93. The van der Waals surface area contributed by atoms with Crippen LogP contribution in [0.25, 0.3) is 5.65 Å². The van der Waals surface area contributed by atoms with Gasteiger partial charge in [0.1, 0.15) is 5.65 Å². The van der Waals surface area contributed by atoms with E-state index in [9.17, 15) is 0 Å². The average molecular weight is 213 g/mol. The van der Waals surface area contributed by atoms with Crippen LogP contribution >= 0.6 is 0 Å². The van der Waals surface area contributed by atoms with Crippen molar-refractivity contribution in [3.8, 4) is 12.3 Å². The number of fused-ring (bicyclic) bond motifs is 1. The van der Waals surface area contributed by atoms with Gasteiger partial charge in [-0.2, -0.15) is 0 Å². The van der Waals surface area contributed by atoms with E-state index in [1.54, 1.807) is 0 Å². The maximum absolute atomic E-state index is 5.26. The molecule has 3 nitrogen and oxygen atoms in total. The highest BCUT2D eigenvalue weighted by Gasteiger charge is 2.04. The Labute approximate surface area is 95.7 Å². The molecule has 0 saturated carbocycles. The van der Waals surface area contributed by atoms with Crippen LogP contribution in [-0.4, -0.2) is 27.9 Å². The van der Waals surface area contributed by atoms with Crippen molar-refractivity contribution in [2.45, 2.75) is 13.5 Å². The van der Waals surface area contributed by atoms with Crippen LogP contribution in [0.5, 0.6) is 0 Å². The van der Waals surface area contributed by atoms with Crippen molar-refractivity contribution in [2.75, 3.05) is 13.6 Å². The largest absolute Gasteiger partial charge is 0.307 e. The number of rotatable bonds is 3. The van der Waals surface area contributed by atoms with Gasteiger partial charge in [-0.1, -0.05) is 12.0 Å². The van der Waals surface area contributed by atoms with Crippen LogP contribution in [0.2, 0.25) is 0 Å². The molecule has 0 aromatic carbocycles. The number of aryl methyl sites for hydroxylation is 1. The summed E-state index contributed by atoms with van der Waals surface area (Å²) in [6.45, 7) is 3.50. The van der Waals surface area contributed by atoms with E-state index in [0.29, 0.717) is 6.54 Å². The lowest BCUT2D eigenvalue weighted by atomic mass is 10.3. The van der Waals surface area contributed by atoms with Gasteiger partial charge in [0.2, 0.25) is 0 Å². The number of imidazole rings is 1. The second kappa shape index (κ2) is 4.38. The van der Waals surface area contributed by atoms with Crippen LogP contribution in [-0.2, 0) is 6.54 Å². The first-order valence-corrected chi connectivity index (χ1v) is 5.25. The Morgan fingerprint density at radius 1 is 1.44 bits per heavy atom. The molecule has 0 saturated heterocycles. The van der Waals surface area contributed by atoms with Gasteiger partial charge in [-0.3, -0.25) is 4.90 Å². The third kappa shape index (κ3) is 2.23. The first kappa shape index (κ1) is 10.7. The normalized spacial score (nSPS) is 10.9. The summed E-state index contributed by atoms with van der Waals surface area (Å²) < 4.78 is 2.05. The summed E-state index contributed by atoms with van der Waals surface area (Å²) in [5, 5.41) is 0. The molecule has 0 aliphatic rings. The quantitative estimate of drug-likeness (QED) is 0.723. The summed E-state index contributed by atoms with van der Waals surface area (Å²) in [5.74, 6) is 2.62. The molecule has 82 valence electrons. The highest BCUT2D eigenvalue weighted by Crippen LogP contribution is 2.08. The van der Waals surface area contributed by atoms with Crippen LogP contribution in [0.1, 0.15) is 11.3 Å². The van der Waals surface area contributed by atoms with Crippen LogP contribution in [0.15, 0.2) is 24.5 Å². The molecule has 2 rings (SSSR count). The van der Waals surface area contributed by atoms with Crippen molar-refractivity contribution in [3.63, 3.8) is 0 Å². The summed E-state index contributed by atoms with van der Waals surface area (Å²) in [5.41, 5.74) is 3.26. The molecule has 0 radical (unpaired) electrons. The molecule has 0 amide bonds. The molecule has 16 heavy (non-hydrogen) atoms. The summed E-state index contributed by atoms with van der Waals surface area (Å²) in [7, 11) is 2.00. The van der Waals surface area contributed by atoms with E-state index in [1.807, 2.05) is 17.5 Å². The Bertz CT molecular complexity index is 534. The van der Waals surface area contributed by atoms with Gasteiger partial charge in [0, 0.05) is 18.9 Å². The predicted octanol–water partition coefficient (Wildman–Crippen LogP) is 1.71. The molecule has 0 bridgehead atoms. The van der Waals surface area contributed by atoms with Gasteiger partial charge in [0.25, 0.3) is 0 Å². The van der Waals surface area contributed by atoms with Crippen LogP contribution < -0.4 is 0 Å². The molecule has 2 aromatic heterocycles. The molecule has 0 atom stereocenters. The van der Waals surface area contributed by atoms with Gasteiger partial charge < -0.3 is 4.40 Å². The van der Waals surface area contributed by atoms with E-state index in [2.05, 4.69) is 41.2 Å². The predicted molar refractivity (Wildman–Crippen MR) is 65.1 cm³/mol. The molecule has 0 unspecified atom stereocenters. The van der Waals surface area contributed by atoms with E-state index < -0.39 is 0 Å². The van der Waals surface area contributed by atoms with Crippen molar-refractivity contribution in [1.29, 1.82) is 0 Å². The molecular formula is C13H15N3. The average Bonchev–Trinajstić information content (AvgIpc) is 2.59. The molecule has 3 heteroatoms. The fraction of sp³-hybridized carbons (Fsp3) is 0.308. The topological polar surface area (TPSA) is 20.5 Å². The first-order chi connectivity index (χ1) is 7.69. The lowest BCUT2D eigenvalue weighted by Crippen LogP contribution is -2.17. The first-order valence-electron chi connectivity index (χ1n) is 5.25. The second-order valence-electron chi connectivity index (χ2n) is 4.08. The Morgan fingerprint density at radius 2 is 2.25 bits per heavy atom. The lowest BCUT2D eigenvalue weighted by molar-refractivity contribution is 0.365. The Balaban J connectivity index is 2.23. The van der Waals surface area contributed by atoms with Gasteiger partial charge in [-0.05, 0) is 25.6 Å². The smallest absolute Gasteiger partial charge is 0.137 e. The molecule has 0 fully saturated rings. The van der Waals surface area contributed by atoms with Crippen molar-refractivity contribution < 1.29 is 0 Å². The standard InChI is InChI=1S/C13H15N3/c1-4-7-15(3)9-12-10-16-8-11(2)5-6-13(16)14-12/h1,5-6,8,10H,7,9H2,2-3H3. The maximum atomic E-state index is 5.26. The number of nitrogens with zero attached hydrogens (tertiary/aromatic N) is 3. The molecule has 0 aliphatic carbocycles. The Morgan fingerprint density at radius 3 is 3.00 bits per heavy atom. The van der Waals surface area contributed by atoms with Crippen molar-refractivity contribution in [3.05, 3.63) is 35.8 Å². The number of terminal acetylenes is 1. The minimum atomic E-state index is 0.646. The zero-order valence-corrected chi connectivity index (χ0v) is 9.64. The van der Waals surface area contributed by atoms with E-state index in [-0.39, 0.29) is 0 Å². The molecule has 2 aromatic rings. The van der Waals surface area contributed by atoms with Crippen molar-refractivity contribution in [2.24, 2.45) is 0 Å². The number of aromatic nitrogens is 2. The zero-order chi connectivity index (χ0) is 11.5. The van der Waals surface area contributed by atoms with Crippen LogP contribution in [0, 0.1) is 19.3 Å². The fourth-order valence-electron chi connectivity index (χ4n) is 1.72. The van der Waals surface area contributed by atoms with Crippen LogP contribution in [0.4, 0.5) is 0 Å². The fourth-order valence-corrected chi connectivity index (χ4v) is 1.72. The summed E-state index contributed by atoms with van der Waals surface area (Å²) >= 11 is 0. The van der Waals surface area contributed by atoms with Crippen LogP contribution in [0.3, 0.4) is 0 Å². The number of pyridine rings is 1. The monoisotopic (exact) mass is 213 g/mol. The highest BCUT2D eigenvalue weighted by molar-refractivity contribution is 5.41. The number of hydrogen-bond acceptors (Lipinski definition) is 2. The molecule has 2 heterocycles. The van der Waals surface area contributed by atoms with Crippen molar-refractivity contribution in [1.82, 2.24) is 14.3 Å². The van der Waals surface area contributed by atoms with E-state index in [4.69, 9.17) is 6.42 Å². The molecule has 0 spiro atoms. The van der Waals surface area contributed by atoms with E-state index >= 15 is 0 Å². The zero-order valence-electron chi connectivity index (χ0n) is 9.64. The highest BCUT2D eigenvalue weighted by atomic mass is 15.1. The summed E-state index contributed by atoms with van der Waals surface area (Å²) in [4.78, 5) is 6.59. The summed E-state index contributed by atoms with van der Waals surface area (Å²) in [6, 6.07) is 4.09. The maximum Gasteiger partial charge on any atom is 0.137 e. The van der Waals surface area contributed by atoms with Gasteiger partial charge in [-0.25, -0.2) is 4.98 Å². The van der Waals surface area contributed by atoms with Gasteiger partial charge in [-0.15, -0.1) is 6.42 Å². The minimum absolute atomic E-state index is 0.646. The molecule has 0 N–H and O–H groups in total. The molecule has 0 aliphatic heterocycles. The van der Waals surface area contributed by atoms with Gasteiger partial charge in [0.05, 0.1) is 12.2 Å². The lowest BCUT2D eigenvalue weighted by Gasteiger charge is -2.09. The number of hydrogen-bond donors (Lipinski definition) is 0. The Hall–Kier alpha value is -1.79. The van der Waals surface area contributed by atoms with Crippen molar-refractivity contribution >= 4 is 5.65 Å². The van der Waals surface area contributed by atoms with E-state index in [1.165, 1.54) is 5.56 Å². The van der Waals surface area contributed by atoms with Gasteiger partial charge in [0.15, 0.2) is 0 Å². The minimum Gasteiger partial charge on any atom is -0.307 e. The second-order valence-corrected chi connectivity index (χ2v) is 4.08.